The van der Waals surface area contributed by atoms with Crippen molar-refractivity contribution in [3.8, 4) is 0 Å². The van der Waals surface area contributed by atoms with Crippen LogP contribution in [0.1, 0.15) is 24.5 Å². The molecule has 0 saturated heterocycles. The van der Waals surface area contributed by atoms with Crippen LogP contribution in [0.25, 0.3) is 0 Å². The van der Waals surface area contributed by atoms with Crippen molar-refractivity contribution in [1.82, 2.24) is 0 Å². The van der Waals surface area contributed by atoms with Crippen LogP contribution < -0.4 is 10.8 Å². The van der Waals surface area contributed by atoms with Gasteiger partial charge in [-0.25, -0.2) is 5.06 Å². The molecule has 0 saturated carbocycles. The van der Waals surface area contributed by atoms with Crippen molar-refractivity contribution in [2.45, 2.75) is 38.2 Å². The number of ether oxygens (including phenoxy) is 1. The van der Waals surface area contributed by atoms with E-state index in [4.69, 9.17) is 14.8 Å². The summed E-state index contributed by atoms with van der Waals surface area (Å²) in [7, 11) is -2.38. The van der Waals surface area contributed by atoms with Crippen molar-refractivity contribution in [3.05, 3.63) is 53.6 Å². The zero-order valence-electron chi connectivity index (χ0n) is 15.6. The summed E-state index contributed by atoms with van der Waals surface area (Å²) in [5, 5.41) is 1.35. The van der Waals surface area contributed by atoms with E-state index in [0.29, 0.717) is 11.4 Å². The van der Waals surface area contributed by atoms with Gasteiger partial charge in [-0.1, -0.05) is 24.6 Å². The van der Waals surface area contributed by atoms with E-state index < -0.39 is 10.1 Å². The minimum Gasteiger partial charge on any atom is -0.399 e. The molecule has 2 aromatic rings. The standard InChI is InChI=1S/C19H26N2O4S/c1-5-17(24-4)13-21(16-8-11-19(20)15(3)12-16)25-26(22,23)18-9-6-14(2)7-10-18/h6-12,17H,5,13,20H2,1-4H3. The average molecular weight is 378 g/mol. The first-order valence-corrected chi connectivity index (χ1v) is 9.85. The summed E-state index contributed by atoms with van der Waals surface area (Å²) in [6.07, 6.45) is 0.538. The first-order valence-electron chi connectivity index (χ1n) is 8.44. The fourth-order valence-corrected chi connectivity index (χ4v) is 3.35. The Kier molecular flexibility index (Phi) is 6.63. The molecule has 0 aliphatic rings. The van der Waals surface area contributed by atoms with E-state index in [2.05, 4.69) is 0 Å². The summed E-state index contributed by atoms with van der Waals surface area (Å²) in [6, 6.07) is 11.8. The van der Waals surface area contributed by atoms with E-state index in [-0.39, 0.29) is 17.5 Å². The Morgan fingerprint density at radius 3 is 2.31 bits per heavy atom. The number of nitrogens with zero attached hydrogens (tertiary/aromatic N) is 1. The van der Waals surface area contributed by atoms with Gasteiger partial charge in [-0.15, -0.1) is 4.28 Å². The zero-order valence-corrected chi connectivity index (χ0v) is 16.4. The van der Waals surface area contributed by atoms with Crippen LogP contribution in [0.4, 0.5) is 11.4 Å². The molecule has 0 radical (unpaired) electrons. The lowest BCUT2D eigenvalue weighted by molar-refractivity contribution is 0.0874. The van der Waals surface area contributed by atoms with Gasteiger partial charge >= 0.3 is 10.1 Å². The molecule has 7 heteroatoms. The SMILES string of the molecule is CCC(CN(OS(=O)(=O)c1ccc(C)cc1)c1ccc(N)c(C)c1)OC. The first-order chi connectivity index (χ1) is 12.3. The van der Waals surface area contributed by atoms with Crippen LogP contribution in [0, 0.1) is 13.8 Å². The maximum absolute atomic E-state index is 12.7. The minimum absolute atomic E-state index is 0.103. The lowest BCUT2D eigenvalue weighted by Crippen LogP contribution is -2.35. The third kappa shape index (κ3) is 4.97. The van der Waals surface area contributed by atoms with Crippen LogP contribution in [0.2, 0.25) is 0 Å². The fraction of sp³-hybridized carbons (Fsp3) is 0.368. The van der Waals surface area contributed by atoms with Crippen molar-refractivity contribution >= 4 is 21.5 Å². The largest absolute Gasteiger partial charge is 0.399 e. The van der Waals surface area contributed by atoms with Gasteiger partial charge in [0.2, 0.25) is 0 Å². The Hall–Kier alpha value is -2.09. The number of methoxy groups -OCH3 is 1. The number of hydroxylamine groups is 1. The highest BCUT2D eigenvalue weighted by atomic mass is 32.2. The van der Waals surface area contributed by atoms with E-state index in [1.54, 1.807) is 37.4 Å². The molecule has 6 nitrogen and oxygen atoms in total. The Balaban J connectivity index is 2.36. The van der Waals surface area contributed by atoms with E-state index in [1.807, 2.05) is 20.8 Å². The van der Waals surface area contributed by atoms with Crippen molar-refractivity contribution in [2.75, 3.05) is 24.5 Å². The smallest absolute Gasteiger partial charge is 0.317 e. The molecule has 0 heterocycles. The third-order valence-electron chi connectivity index (χ3n) is 4.20. The van der Waals surface area contributed by atoms with Gasteiger partial charge < -0.3 is 10.5 Å². The van der Waals surface area contributed by atoms with E-state index in [9.17, 15) is 8.42 Å². The van der Waals surface area contributed by atoms with Crippen LogP contribution in [-0.4, -0.2) is 28.2 Å². The van der Waals surface area contributed by atoms with Crippen molar-refractivity contribution in [2.24, 2.45) is 0 Å². The Bertz CT molecular complexity index is 831. The maximum atomic E-state index is 12.7. The molecule has 142 valence electrons. The summed E-state index contributed by atoms with van der Waals surface area (Å²) in [5.41, 5.74) is 8.92. The van der Waals surface area contributed by atoms with Crippen LogP contribution in [0.3, 0.4) is 0 Å². The number of hydrogen-bond acceptors (Lipinski definition) is 6. The molecule has 0 bridgehead atoms. The highest BCUT2D eigenvalue weighted by Gasteiger charge is 2.23. The number of nitrogens with two attached hydrogens (primary N) is 1. The van der Waals surface area contributed by atoms with Gasteiger partial charge in [-0.3, -0.25) is 0 Å². The highest BCUT2D eigenvalue weighted by Crippen LogP contribution is 2.25. The molecule has 0 aliphatic carbocycles. The van der Waals surface area contributed by atoms with E-state index >= 15 is 0 Å². The van der Waals surface area contributed by atoms with Gasteiger partial charge in [-0.05, 0) is 56.2 Å². The molecule has 1 atom stereocenters. The summed E-state index contributed by atoms with van der Waals surface area (Å²) in [6.45, 7) is 5.99. The molecule has 0 aromatic heterocycles. The van der Waals surface area contributed by atoms with Gasteiger partial charge in [0.1, 0.15) is 0 Å². The molecule has 2 N–H and O–H groups in total. The summed E-state index contributed by atoms with van der Waals surface area (Å²) < 4.78 is 36.3. The number of rotatable bonds is 8. The number of anilines is 2. The number of nitrogen functional groups attached to an aromatic ring is 1. The van der Waals surface area contributed by atoms with Crippen molar-refractivity contribution < 1.29 is 17.4 Å². The summed E-state index contributed by atoms with van der Waals surface area (Å²) in [4.78, 5) is 0.103. The Morgan fingerprint density at radius 1 is 1.12 bits per heavy atom. The third-order valence-corrected chi connectivity index (χ3v) is 5.42. The molecule has 2 aromatic carbocycles. The number of aryl methyl sites for hydroxylation is 2. The zero-order chi connectivity index (χ0) is 19.3. The lowest BCUT2D eigenvalue weighted by Gasteiger charge is -2.27. The minimum atomic E-state index is -3.97. The van der Waals surface area contributed by atoms with Crippen molar-refractivity contribution in [1.29, 1.82) is 0 Å². The predicted molar refractivity (Wildman–Crippen MR) is 103 cm³/mol. The Labute approximate surface area is 155 Å². The lowest BCUT2D eigenvalue weighted by atomic mass is 10.1. The first kappa shape index (κ1) is 20.2. The van der Waals surface area contributed by atoms with Crippen LogP contribution in [-0.2, 0) is 19.1 Å². The molecular formula is C19H26N2O4S. The summed E-state index contributed by atoms with van der Waals surface area (Å²) in [5.74, 6) is 0. The van der Waals surface area contributed by atoms with Crippen LogP contribution in [0.5, 0.6) is 0 Å². The molecule has 26 heavy (non-hydrogen) atoms. The fourth-order valence-electron chi connectivity index (χ4n) is 2.42. The Morgan fingerprint density at radius 2 is 1.77 bits per heavy atom. The van der Waals surface area contributed by atoms with Gasteiger partial charge in [-0.2, -0.15) is 8.42 Å². The second-order valence-electron chi connectivity index (χ2n) is 6.21. The normalized spacial score (nSPS) is 12.8. The maximum Gasteiger partial charge on any atom is 0.317 e. The van der Waals surface area contributed by atoms with Gasteiger partial charge in [0.05, 0.1) is 23.2 Å². The molecule has 0 spiro atoms. The topological polar surface area (TPSA) is 81.9 Å². The molecule has 1 unspecified atom stereocenters. The van der Waals surface area contributed by atoms with E-state index in [1.165, 1.54) is 17.2 Å². The van der Waals surface area contributed by atoms with Crippen LogP contribution in [0.15, 0.2) is 47.4 Å². The summed E-state index contributed by atoms with van der Waals surface area (Å²) >= 11 is 0. The highest BCUT2D eigenvalue weighted by molar-refractivity contribution is 7.86. The van der Waals surface area contributed by atoms with Gasteiger partial charge in [0.25, 0.3) is 0 Å². The number of benzene rings is 2. The molecule has 0 aliphatic heterocycles. The van der Waals surface area contributed by atoms with Crippen LogP contribution >= 0.6 is 0 Å². The molecule has 0 fully saturated rings. The molecular weight excluding hydrogens is 352 g/mol. The second-order valence-corrected chi connectivity index (χ2v) is 7.74. The second kappa shape index (κ2) is 8.53. The molecule has 0 amide bonds. The number of hydrogen-bond donors (Lipinski definition) is 1. The monoisotopic (exact) mass is 378 g/mol. The van der Waals surface area contributed by atoms with Gasteiger partial charge in [0.15, 0.2) is 0 Å². The average Bonchev–Trinajstić information content (AvgIpc) is 2.61. The quantitative estimate of drug-likeness (QED) is 0.560. The van der Waals surface area contributed by atoms with Gasteiger partial charge in [0, 0.05) is 12.8 Å². The predicted octanol–water partition coefficient (Wildman–Crippen LogP) is 3.44. The molecule has 2 rings (SSSR count). The van der Waals surface area contributed by atoms with Crippen molar-refractivity contribution in [3.63, 3.8) is 0 Å². The van der Waals surface area contributed by atoms with E-state index in [0.717, 1.165) is 17.5 Å².